The van der Waals surface area contributed by atoms with Gasteiger partial charge in [0.1, 0.15) is 35.4 Å². The Balaban J connectivity index is 1.22. The van der Waals surface area contributed by atoms with Crippen molar-refractivity contribution in [3.63, 3.8) is 0 Å². The lowest BCUT2D eigenvalue weighted by Gasteiger charge is -2.40. The summed E-state index contributed by atoms with van der Waals surface area (Å²) >= 11 is 0. The molecule has 4 nitrogen and oxygen atoms in total. The summed E-state index contributed by atoms with van der Waals surface area (Å²) in [7, 11) is 0. The predicted octanol–water partition coefficient (Wildman–Crippen LogP) is 8.32. The maximum Gasteiger partial charge on any atom is 0.134 e. The number of fused-ring (bicyclic) bond motifs is 1. The quantitative estimate of drug-likeness (QED) is 0.280. The molecular weight excluding hydrogens is 561 g/mol. The van der Waals surface area contributed by atoms with Gasteiger partial charge in [-0.3, -0.25) is 4.90 Å². The van der Waals surface area contributed by atoms with E-state index in [2.05, 4.69) is 5.32 Å². The number of halogens is 3. The minimum Gasteiger partial charge on any atom is -0.490 e. The van der Waals surface area contributed by atoms with E-state index >= 15 is 8.78 Å². The van der Waals surface area contributed by atoms with E-state index in [1.54, 1.807) is 0 Å². The van der Waals surface area contributed by atoms with Gasteiger partial charge in [-0.2, -0.15) is 0 Å². The van der Waals surface area contributed by atoms with Gasteiger partial charge in [-0.05, 0) is 113 Å². The summed E-state index contributed by atoms with van der Waals surface area (Å²) in [6.45, 7) is 6.11. The highest BCUT2D eigenvalue weighted by Gasteiger charge is 2.38. The Bertz CT molecular complexity index is 1380. The first-order chi connectivity index (χ1) is 21.2. The van der Waals surface area contributed by atoms with E-state index < -0.39 is 23.3 Å². The molecule has 2 heterocycles. The van der Waals surface area contributed by atoms with Crippen LogP contribution in [-0.4, -0.2) is 42.9 Å². The third-order valence-corrected chi connectivity index (χ3v) is 9.78. The normalized spacial score (nSPS) is 24.5. The van der Waals surface area contributed by atoms with Gasteiger partial charge < -0.3 is 14.8 Å². The average molecular weight is 607 g/mol. The van der Waals surface area contributed by atoms with Gasteiger partial charge >= 0.3 is 0 Å². The van der Waals surface area contributed by atoms with Crippen molar-refractivity contribution in [3.8, 4) is 11.5 Å². The maximum atomic E-state index is 16.0. The van der Waals surface area contributed by atoms with E-state index in [1.165, 1.54) is 45.2 Å². The fourth-order valence-corrected chi connectivity index (χ4v) is 7.57. The molecule has 3 aromatic rings. The molecule has 2 fully saturated rings. The highest BCUT2D eigenvalue weighted by Crippen LogP contribution is 2.45. The highest BCUT2D eigenvalue weighted by molar-refractivity contribution is 5.46. The van der Waals surface area contributed by atoms with E-state index in [-0.39, 0.29) is 24.0 Å². The Morgan fingerprint density at radius 1 is 0.909 bits per heavy atom. The lowest BCUT2D eigenvalue weighted by Crippen LogP contribution is -2.43. The summed E-state index contributed by atoms with van der Waals surface area (Å²) in [6.07, 6.45) is 8.19. The van der Waals surface area contributed by atoms with E-state index in [9.17, 15) is 4.39 Å². The summed E-state index contributed by atoms with van der Waals surface area (Å²) in [5.41, 5.74) is 1.57. The fourth-order valence-electron chi connectivity index (χ4n) is 7.57. The molecule has 236 valence electrons. The Hall–Kier alpha value is -3.03. The van der Waals surface area contributed by atoms with Crippen molar-refractivity contribution in [2.24, 2.45) is 5.41 Å². The van der Waals surface area contributed by atoms with Gasteiger partial charge in [0.05, 0.1) is 12.1 Å². The summed E-state index contributed by atoms with van der Waals surface area (Å²) in [4.78, 5) is 1.86. The van der Waals surface area contributed by atoms with Gasteiger partial charge in [-0.15, -0.1) is 0 Å². The van der Waals surface area contributed by atoms with Crippen LogP contribution in [0.5, 0.6) is 11.5 Å². The highest BCUT2D eigenvalue weighted by atomic mass is 19.1. The number of hydrogen-bond donors (Lipinski definition) is 1. The Morgan fingerprint density at radius 3 is 2.39 bits per heavy atom. The molecule has 1 saturated carbocycles. The first kappa shape index (κ1) is 31.0. The smallest absolute Gasteiger partial charge is 0.134 e. The largest absolute Gasteiger partial charge is 0.490 e. The van der Waals surface area contributed by atoms with Crippen LogP contribution in [0.3, 0.4) is 0 Å². The lowest BCUT2D eigenvalue weighted by atomic mass is 9.69. The number of rotatable bonds is 8. The second-order valence-electron chi connectivity index (χ2n) is 13.7. The molecular formula is C37H45F3N2O2. The van der Waals surface area contributed by atoms with Crippen LogP contribution >= 0.6 is 0 Å². The summed E-state index contributed by atoms with van der Waals surface area (Å²) in [5.74, 6) is -0.396. The van der Waals surface area contributed by atoms with Crippen molar-refractivity contribution in [1.82, 2.24) is 10.2 Å². The van der Waals surface area contributed by atoms with Crippen LogP contribution in [0.4, 0.5) is 13.2 Å². The molecule has 1 saturated heterocycles. The third-order valence-electron chi connectivity index (χ3n) is 9.78. The van der Waals surface area contributed by atoms with Crippen molar-refractivity contribution >= 4 is 0 Å². The molecule has 2 aliphatic heterocycles. The predicted molar refractivity (Wildman–Crippen MR) is 168 cm³/mol. The minimum atomic E-state index is -1.53. The molecule has 44 heavy (non-hydrogen) atoms. The molecule has 7 heteroatoms. The third kappa shape index (κ3) is 7.26. The maximum absolute atomic E-state index is 16.0. The zero-order valence-corrected chi connectivity index (χ0v) is 26.0. The van der Waals surface area contributed by atoms with Crippen LogP contribution < -0.4 is 14.8 Å². The molecule has 3 aliphatic rings. The SMILES string of the molecule is CC(C)(F)CN1CCc2cc(OCc3ccccc3)ccc2C1c1c(F)cc(OC2CCC3(CCCNCC3)CC2)cc1F. The van der Waals surface area contributed by atoms with E-state index in [1.807, 2.05) is 53.4 Å². The zero-order chi connectivity index (χ0) is 30.7. The number of nitrogens with one attached hydrogen (secondary N) is 1. The van der Waals surface area contributed by atoms with Gasteiger partial charge in [0.25, 0.3) is 0 Å². The van der Waals surface area contributed by atoms with Gasteiger partial charge in [-0.25, -0.2) is 13.2 Å². The minimum absolute atomic E-state index is 0.0463. The molecule has 3 aromatic carbocycles. The summed E-state index contributed by atoms with van der Waals surface area (Å²) < 4.78 is 59.2. The molecule has 0 aromatic heterocycles. The Morgan fingerprint density at radius 2 is 1.66 bits per heavy atom. The second kappa shape index (κ2) is 13.1. The summed E-state index contributed by atoms with van der Waals surface area (Å²) in [6, 6.07) is 17.5. The van der Waals surface area contributed by atoms with Crippen molar-refractivity contribution in [2.45, 2.75) is 89.6 Å². The first-order valence-electron chi connectivity index (χ1n) is 16.3. The number of hydrogen-bond acceptors (Lipinski definition) is 4. The Labute approximate surface area is 259 Å². The van der Waals surface area contributed by atoms with Crippen LogP contribution in [0, 0.1) is 17.0 Å². The average Bonchev–Trinajstić information content (AvgIpc) is 3.23. The van der Waals surface area contributed by atoms with Crippen LogP contribution in [0.2, 0.25) is 0 Å². The van der Waals surface area contributed by atoms with Crippen molar-refractivity contribution in [3.05, 3.63) is 94.6 Å². The zero-order valence-electron chi connectivity index (χ0n) is 26.0. The van der Waals surface area contributed by atoms with Gasteiger partial charge in [0, 0.05) is 30.8 Å². The van der Waals surface area contributed by atoms with Gasteiger partial charge in [0.2, 0.25) is 0 Å². The van der Waals surface area contributed by atoms with Crippen LogP contribution in [-0.2, 0) is 13.0 Å². The number of alkyl halides is 1. The fraction of sp³-hybridized carbons (Fsp3) is 0.514. The summed E-state index contributed by atoms with van der Waals surface area (Å²) in [5, 5.41) is 3.51. The van der Waals surface area contributed by atoms with Gasteiger partial charge in [0.15, 0.2) is 0 Å². The molecule has 1 aliphatic carbocycles. The molecule has 1 atom stereocenters. The number of benzene rings is 3. The molecule has 1 unspecified atom stereocenters. The first-order valence-corrected chi connectivity index (χ1v) is 16.3. The molecule has 6 rings (SSSR count). The van der Waals surface area contributed by atoms with Crippen LogP contribution in [0.1, 0.15) is 87.1 Å². The molecule has 0 amide bonds. The monoisotopic (exact) mass is 606 g/mol. The second-order valence-corrected chi connectivity index (χ2v) is 13.7. The van der Waals surface area contributed by atoms with Crippen molar-refractivity contribution < 1.29 is 22.6 Å². The van der Waals surface area contributed by atoms with Gasteiger partial charge in [-0.1, -0.05) is 36.4 Å². The van der Waals surface area contributed by atoms with Crippen LogP contribution in [0.15, 0.2) is 60.7 Å². The molecule has 1 N–H and O–H groups in total. The van der Waals surface area contributed by atoms with Crippen molar-refractivity contribution in [2.75, 3.05) is 26.2 Å². The van der Waals surface area contributed by atoms with E-state index in [4.69, 9.17) is 9.47 Å². The standard InChI is InChI=1S/C37H45F3N2O2/c1-36(2,40)25-42-20-13-27-21-29(43-24-26-7-4-3-5-8-26)9-10-31(27)35(42)34-32(38)22-30(23-33(34)39)44-28-11-15-37(16-12-28)14-6-18-41-19-17-37/h3-5,7-10,21-23,28,35,41H,6,11-20,24-25H2,1-2H3. The van der Waals surface area contributed by atoms with Crippen LogP contribution in [0.25, 0.3) is 0 Å². The topological polar surface area (TPSA) is 33.7 Å². The molecule has 0 bridgehead atoms. The van der Waals surface area contributed by atoms with Crippen molar-refractivity contribution in [1.29, 1.82) is 0 Å². The van der Waals surface area contributed by atoms with E-state index in [0.717, 1.165) is 55.5 Å². The number of nitrogens with zero attached hydrogens (tertiary/aromatic N) is 1. The molecule has 0 radical (unpaired) electrons. The Kier molecular flexibility index (Phi) is 9.25. The lowest BCUT2D eigenvalue weighted by molar-refractivity contribution is 0.0696. The molecule has 1 spiro atoms. The number of ether oxygens (including phenoxy) is 2. The van der Waals surface area contributed by atoms with E-state index in [0.29, 0.717) is 30.7 Å².